The summed E-state index contributed by atoms with van der Waals surface area (Å²) in [5, 5.41) is 9.17. The average molecular weight is 335 g/mol. The zero-order chi connectivity index (χ0) is 17.8. The molecule has 0 unspecified atom stereocenters. The Morgan fingerprint density at radius 2 is 1.52 bits per heavy atom. The Morgan fingerprint density at radius 3 is 2.08 bits per heavy atom. The van der Waals surface area contributed by atoms with Crippen molar-refractivity contribution in [1.82, 2.24) is 5.16 Å². The molecule has 0 saturated heterocycles. The minimum absolute atomic E-state index is 0.232. The summed E-state index contributed by atoms with van der Waals surface area (Å²) < 4.78 is 4.90. The number of amides is 2. The maximum Gasteiger partial charge on any atom is 0.256 e. The number of benzene rings is 2. The van der Waals surface area contributed by atoms with E-state index in [-0.39, 0.29) is 11.8 Å². The van der Waals surface area contributed by atoms with Crippen LogP contribution in [0.15, 0.2) is 59.1 Å². The monoisotopic (exact) mass is 335 g/mol. The zero-order valence-electron chi connectivity index (χ0n) is 13.9. The highest BCUT2D eigenvalue weighted by Gasteiger charge is 2.11. The van der Waals surface area contributed by atoms with Crippen LogP contribution in [0.1, 0.15) is 32.0 Å². The van der Waals surface area contributed by atoms with Gasteiger partial charge in [-0.05, 0) is 55.8 Å². The molecule has 0 aliphatic heterocycles. The van der Waals surface area contributed by atoms with E-state index >= 15 is 0 Å². The fourth-order valence-electron chi connectivity index (χ4n) is 2.31. The number of nitrogens with one attached hydrogen (secondary N) is 2. The Kier molecular flexibility index (Phi) is 4.61. The van der Waals surface area contributed by atoms with E-state index in [1.54, 1.807) is 37.3 Å². The molecule has 0 atom stereocenters. The molecule has 0 aliphatic rings. The molecule has 0 saturated carbocycles. The molecule has 126 valence electrons. The van der Waals surface area contributed by atoms with E-state index in [9.17, 15) is 9.59 Å². The first kappa shape index (κ1) is 16.4. The van der Waals surface area contributed by atoms with Gasteiger partial charge in [0.15, 0.2) is 5.82 Å². The van der Waals surface area contributed by atoms with Gasteiger partial charge in [-0.3, -0.25) is 9.59 Å². The van der Waals surface area contributed by atoms with Crippen LogP contribution in [-0.2, 0) is 0 Å². The van der Waals surface area contributed by atoms with Crippen molar-refractivity contribution in [3.63, 3.8) is 0 Å². The first-order chi connectivity index (χ1) is 12.0. The van der Waals surface area contributed by atoms with Crippen LogP contribution in [0.5, 0.6) is 0 Å². The van der Waals surface area contributed by atoms with Gasteiger partial charge in [0.25, 0.3) is 11.8 Å². The Morgan fingerprint density at radius 1 is 0.880 bits per heavy atom. The van der Waals surface area contributed by atoms with Crippen LogP contribution >= 0.6 is 0 Å². The van der Waals surface area contributed by atoms with Crippen molar-refractivity contribution >= 4 is 23.3 Å². The highest BCUT2D eigenvalue weighted by Crippen LogP contribution is 2.13. The van der Waals surface area contributed by atoms with Gasteiger partial charge in [0, 0.05) is 22.9 Å². The van der Waals surface area contributed by atoms with Gasteiger partial charge < -0.3 is 15.2 Å². The molecule has 3 rings (SSSR count). The molecule has 2 aromatic carbocycles. The number of hydrogen-bond donors (Lipinski definition) is 2. The van der Waals surface area contributed by atoms with E-state index in [4.69, 9.17) is 4.52 Å². The summed E-state index contributed by atoms with van der Waals surface area (Å²) in [5.41, 5.74) is 2.68. The van der Waals surface area contributed by atoms with E-state index in [1.165, 1.54) is 0 Å². The van der Waals surface area contributed by atoms with Crippen LogP contribution in [0.2, 0.25) is 0 Å². The van der Waals surface area contributed by atoms with Gasteiger partial charge in [-0.2, -0.15) is 0 Å². The molecular formula is C19H17N3O3. The summed E-state index contributed by atoms with van der Waals surface area (Å²) in [6.07, 6.45) is 0. The lowest BCUT2D eigenvalue weighted by atomic mass is 10.1. The summed E-state index contributed by atoms with van der Waals surface area (Å²) >= 11 is 0. The van der Waals surface area contributed by atoms with E-state index in [1.807, 2.05) is 31.2 Å². The minimum atomic E-state index is -0.320. The summed E-state index contributed by atoms with van der Waals surface area (Å²) in [6.45, 7) is 3.70. The van der Waals surface area contributed by atoms with Crippen LogP contribution in [0, 0.1) is 13.8 Å². The largest absolute Gasteiger partial charge is 0.360 e. The van der Waals surface area contributed by atoms with E-state index in [0.717, 1.165) is 11.3 Å². The topological polar surface area (TPSA) is 84.2 Å². The summed E-state index contributed by atoms with van der Waals surface area (Å²) in [5.74, 6) is 0.408. The fraction of sp³-hybridized carbons (Fsp3) is 0.105. The molecule has 6 nitrogen and oxygen atoms in total. The first-order valence-electron chi connectivity index (χ1n) is 7.74. The Hall–Kier alpha value is -3.41. The number of carbonyl (C=O) groups excluding carboxylic acids is 2. The number of aryl methyl sites for hydroxylation is 2. The van der Waals surface area contributed by atoms with E-state index in [0.29, 0.717) is 22.7 Å². The number of aromatic nitrogens is 1. The highest BCUT2D eigenvalue weighted by molar-refractivity contribution is 6.07. The Labute approximate surface area is 144 Å². The summed E-state index contributed by atoms with van der Waals surface area (Å²) in [6, 6.07) is 15.6. The molecule has 6 heteroatoms. The number of hydrogen-bond acceptors (Lipinski definition) is 4. The maximum atomic E-state index is 12.3. The molecule has 25 heavy (non-hydrogen) atoms. The second-order valence-corrected chi connectivity index (χ2v) is 5.68. The lowest BCUT2D eigenvalue weighted by Gasteiger charge is -2.07. The van der Waals surface area contributed by atoms with Crippen molar-refractivity contribution in [2.75, 3.05) is 10.6 Å². The lowest BCUT2D eigenvalue weighted by Crippen LogP contribution is -2.14. The van der Waals surface area contributed by atoms with Crippen LogP contribution in [0.3, 0.4) is 0 Å². The molecule has 0 bridgehead atoms. The van der Waals surface area contributed by atoms with E-state index < -0.39 is 0 Å². The van der Waals surface area contributed by atoms with Gasteiger partial charge in [0.2, 0.25) is 0 Å². The molecule has 1 aromatic heterocycles. The second kappa shape index (κ2) is 7.00. The molecule has 1 heterocycles. The summed E-state index contributed by atoms with van der Waals surface area (Å²) in [4.78, 5) is 24.4. The zero-order valence-corrected chi connectivity index (χ0v) is 13.9. The van der Waals surface area contributed by atoms with Gasteiger partial charge in [-0.1, -0.05) is 17.3 Å². The number of nitrogens with zero attached hydrogens (tertiary/aromatic N) is 1. The molecule has 0 spiro atoms. The van der Waals surface area contributed by atoms with Crippen molar-refractivity contribution in [2.45, 2.75) is 13.8 Å². The van der Waals surface area contributed by atoms with Crippen molar-refractivity contribution in [2.24, 2.45) is 0 Å². The molecule has 3 aromatic rings. The van der Waals surface area contributed by atoms with Crippen molar-refractivity contribution in [3.8, 4) is 0 Å². The third-order valence-electron chi connectivity index (χ3n) is 3.55. The van der Waals surface area contributed by atoms with Gasteiger partial charge in [0.1, 0.15) is 5.76 Å². The average Bonchev–Trinajstić information content (AvgIpc) is 3.00. The minimum Gasteiger partial charge on any atom is -0.360 e. The van der Waals surface area contributed by atoms with Crippen LogP contribution in [0.4, 0.5) is 11.5 Å². The molecule has 0 fully saturated rings. The fourth-order valence-corrected chi connectivity index (χ4v) is 2.31. The van der Waals surface area contributed by atoms with Crippen molar-refractivity contribution in [1.29, 1.82) is 0 Å². The molecule has 2 N–H and O–H groups in total. The van der Waals surface area contributed by atoms with Crippen LogP contribution in [-0.4, -0.2) is 17.0 Å². The third kappa shape index (κ3) is 4.11. The number of anilines is 2. The Balaban J connectivity index is 1.67. The van der Waals surface area contributed by atoms with Gasteiger partial charge in [-0.15, -0.1) is 0 Å². The molecule has 2 amide bonds. The summed E-state index contributed by atoms with van der Waals surface area (Å²) in [7, 11) is 0. The number of rotatable bonds is 4. The first-order valence-corrected chi connectivity index (χ1v) is 7.74. The van der Waals surface area contributed by atoms with Gasteiger partial charge in [-0.25, -0.2) is 0 Å². The predicted octanol–water partition coefficient (Wildman–Crippen LogP) is 3.80. The van der Waals surface area contributed by atoms with Crippen LogP contribution in [0.25, 0.3) is 0 Å². The quantitative estimate of drug-likeness (QED) is 0.759. The third-order valence-corrected chi connectivity index (χ3v) is 3.55. The molecule has 0 radical (unpaired) electrons. The highest BCUT2D eigenvalue weighted by atomic mass is 16.5. The SMILES string of the molecule is Cc1cccc(NC(=O)c2ccc(C(=O)Nc3cc(C)on3)cc2)c1. The predicted molar refractivity (Wildman–Crippen MR) is 94.8 cm³/mol. The maximum absolute atomic E-state index is 12.3. The molecule has 0 aliphatic carbocycles. The van der Waals surface area contributed by atoms with Crippen molar-refractivity contribution in [3.05, 3.63) is 77.0 Å². The second-order valence-electron chi connectivity index (χ2n) is 5.68. The Bertz CT molecular complexity index is 914. The van der Waals surface area contributed by atoms with Gasteiger partial charge in [0.05, 0.1) is 0 Å². The number of carbonyl (C=O) groups is 2. The van der Waals surface area contributed by atoms with E-state index in [2.05, 4.69) is 15.8 Å². The van der Waals surface area contributed by atoms with Crippen LogP contribution < -0.4 is 10.6 Å². The van der Waals surface area contributed by atoms with Crippen molar-refractivity contribution < 1.29 is 14.1 Å². The normalized spacial score (nSPS) is 10.3. The smallest absolute Gasteiger partial charge is 0.256 e. The van der Waals surface area contributed by atoms with Gasteiger partial charge >= 0.3 is 0 Å². The lowest BCUT2D eigenvalue weighted by molar-refractivity contribution is 0.101. The standard InChI is InChI=1S/C19H17N3O3/c1-12-4-3-5-16(10-12)20-18(23)14-6-8-15(9-7-14)19(24)21-17-11-13(2)25-22-17/h3-11H,1-2H3,(H,20,23)(H,21,22,24). The molecular weight excluding hydrogens is 318 g/mol.